The molecule has 0 aromatic heterocycles. The number of hydrogen-bond acceptors (Lipinski definition) is 2. The van der Waals surface area contributed by atoms with E-state index in [1.807, 2.05) is 13.8 Å². The van der Waals surface area contributed by atoms with E-state index < -0.39 is 14.8 Å². The maximum atomic E-state index is 11.9. The Morgan fingerprint density at radius 1 is 1.38 bits per heavy atom. The SMILES string of the molecule is CC1CCN(C)S(=O)(=O)C(C)(C)C1. The Bertz CT molecular complexity index is 282. The number of rotatable bonds is 0. The summed E-state index contributed by atoms with van der Waals surface area (Å²) in [5, 5.41) is 0. The van der Waals surface area contributed by atoms with Gasteiger partial charge < -0.3 is 0 Å². The van der Waals surface area contributed by atoms with Crippen LogP contribution >= 0.6 is 0 Å². The third-order valence-corrected chi connectivity index (χ3v) is 5.45. The Morgan fingerprint density at radius 2 is 1.92 bits per heavy atom. The largest absolute Gasteiger partial charge is 0.219 e. The number of nitrogens with zero attached hydrogens (tertiary/aromatic N) is 1. The van der Waals surface area contributed by atoms with Crippen LogP contribution in [0.4, 0.5) is 0 Å². The molecule has 0 bridgehead atoms. The van der Waals surface area contributed by atoms with Crippen molar-refractivity contribution in [2.45, 2.75) is 38.4 Å². The molecule has 0 amide bonds. The van der Waals surface area contributed by atoms with E-state index in [0.717, 1.165) is 12.8 Å². The fourth-order valence-electron chi connectivity index (χ4n) is 1.99. The van der Waals surface area contributed by atoms with Crippen molar-refractivity contribution >= 4 is 10.0 Å². The van der Waals surface area contributed by atoms with Crippen LogP contribution in [0.15, 0.2) is 0 Å². The van der Waals surface area contributed by atoms with Crippen molar-refractivity contribution in [2.75, 3.05) is 13.6 Å². The fraction of sp³-hybridized carbons (Fsp3) is 1.00. The molecule has 1 unspecified atom stereocenters. The molecule has 78 valence electrons. The molecule has 0 saturated carbocycles. The molecular formula is C9H19NO2S. The molecule has 1 aliphatic heterocycles. The second kappa shape index (κ2) is 3.24. The van der Waals surface area contributed by atoms with Gasteiger partial charge in [-0.3, -0.25) is 0 Å². The van der Waals surface area contributed by atoms with Gasteiger partial charge in [-0.2, -0.15) is 0 Å². The van der Waals surface area contributed by atoms with E-state index in [9.17, 15) is 8.42 Å². The van der Waals surface area contributed by atoms with Crippen molar-refractivity contribution in [2.24, 2.45) is 5.92 Å². The van der Waals surface area contributed by atoms with Gasteiger partial charge in [-0.1, -0.05) is 6.92 Å². The summed E-state index contributed by atoms with van der Waals surface area (Å²) in [6.07, 6.45) is 1.73. The summed E-state index contributed by atoms with van der Waals surface area (Å²) in [6.45, 7) is 6.42. The molecule has 1 atom stereocenters. The predicted molar refractivity (Wildman–Crippen MR) is 54.0 cm³/mol. The van der Waals surface area contributed by atoms with E-state index in [4.69, 9.17) is 0 Å². The first-order chi connectivity index (χ1) is 5.77. The Labute approximate surface area is 81.2 Å². The number of hydrogen-bond donors (Lipinski definition) is 0. The van der Waals surface area contributed by atoms with Crippen LogP contribution in [0.2, 0.25) is 0 Å². The second-order valence-corrected chi connectivity index (χ2v) is 7.36. The topological polar surface area (TPSA) is 37.4 Å². The molecule has 1 rings (SSSR count). The van der Waals surface area contributed by atoms with Gasteiger partial charge in [0.15, 0.2) is 0 Å². The molecule has 3 nitrogen and oxygen atoms in total. The van der Waals surface area contributed by atoms with Crippen LogP contribution < -0.4 is 0 Å². The number of sulfonamides is 1. The van der Waals surface area contributed by atoms with Crippen molar-refractivity contribution in [1.82, 2.24) is 4.31 Å². The quantitative estimate of drug-likeness (QED) is 0.600. The van der Waals surface area contributed by atoms with Gasteiger partial charge in [0.05, 0.1) is 4.75 Å². The molecule has 0 radical (unpaired) electrons. The summed E-state index contributed by atoms with van der Waals surface area (Å²) in [5.74, 6) is 0.495. The standard InChI is InChI=1S/C9H19NO2S/c1-8-5-6-10(4)13(11,12)9(2,3)7-8/h8H,5-7H2,1-4H3. The van der Waals surface area contributed by atoms with E-state index in [1.54, 1.807) is 7.05 Å². The molecule has 1 saturated heterocycles. The van der Waals surface area contributed by atoms with Crippen molar-refractivity contribution < 1.29 is 8.42 Å². The minimum absolute atomic E-state index is 0.495. The van der Waals surface area contributed by atoms with Crippen LogP contribution in [0.5, 0.6) is 0 Å². The Hall–Kier alpha value is -0.0900. The predicted octanol–water partition coefficient (Wildman–Crippen LogP) is 1.46. The lowest BCUT2D eigenvalue weighted by molar-refractivity contribution is 0.430. The van der Waals surface area contributed by atoms with E-state index in [0.29, 0.717) is 12.5 Å². The summed E-state index contributed by atoms with van der Waals surface area (Å²) in [7, 11) is -1.40. The highest BCUT2D eigenvalue weighted by Gasteiger charge is 2.40. The summed E-state index contributed by atoms with van der Waals surface area (Å²) >= 11 is 0. The monoisotopic (exact) mass is 205 g/mol. The molecular weight excluding hydrogens is 186 g/mol. The third kappa shape index (κ3) is 1.89. The molecule has 0 aromatic carbocycles. The maximum absolute atomic E-state index is 11.9. The summed E-state index contributed by atoms with van der Waals surface area (Å²) in [6, 6.07) is 0. The van der Waals surface area contributed by atoms with Crippen LogP contribution in [-0.4, -0.2) is 31.1 Å². The van der Waals surface area contributed by atoms with Crippen LogP contribution in [0, 0.1) is 5.92 Å². The fourth-order valence-corrected chi connectivity index (χ4v) is 3.68. The van der Waals surface area contributed by atoms with Gasteiger partial charge in [-0.15, -0.1) is 0 Å². The van der Waals surface area contributed by atoms with Crippen molar-refractivity contribution in [3.63, 3.8) is 0 Å². The van der Waals surface area contributed by atoms with Gasteiger partial charge in [-0.05, 0) is 32.6 Å². The normalized spacial score (nSPS) is 34.0. The van der Waals surface area contributed by atoms with Gasteiger partial charge in [0, 0.05) is 13.6 Å². The van der Waals surface area contributed by atoms with E-state index in [1.165, 1.54) is 4.31 Å². The molecule has 1 aliphatic rings. The molecule has 0 spiro atoms. The maximum Gasteiger partial charge on any atom is 0.219 e. The van der Waals surface area contributed by atoms with Gasteiger partial charge in [0.2, 0.25) is 10.0 Å². The lowest BCUT2D eigenvalue weighted by Crippen LogP contribution is -2.41. The van der Waals surface area contributed by atoms with Crippen LogP contribution in [0.25, 0.3) is 0 Å². The first-order valence-electron chi connectivity index (χ1n) is 4.73. The highest BCUT2D eigenvalue weighted by Crippen LogP contribution is 2.32. The van der Waals surface area contributed by atoms with Crippen molar-refractivity contribution in [3.8, 4) is 0 Å². The lowest BCUT2D eigenvalue weighted by atomic mass is 9.95. The Kier molecular flexibility index (Phi) is 2.74. The minimum Gasteiger partial charge on any atom is -0.212 e. The minimum atomic E-state index is -3.08. The second-order valence-electron chi connectivity index (χ2n) is 4.68. The Balaban J connectivity index is 3.06. The van der Waals surface area contributed by atoms with E-state index in [-0.39, 0.29) is 0 Å². The summed E-state index contributed by atoms with van der Waals surface area (Å²) < 4.78 is 24.7. The first-order valence-corrected chi connectivity index (χ1v) is 6.17. The van der Waals surface area contributed by atoms with E-state index in [2.05, 4.69) is 6.92 Å². The van der Waals surface area contributed by atoms with Crippen LogP contribution in [0.3, 0.4) is 0 Å². The Morgan fingerprint density at radius 3 is 2.46 bits per heavy atom. The van der Waals surface area contributed by atoms with Crippen LogP contribution in [0.1, 0.15) is 33.6 Å². The molecule has 0 N–H and O–H groups in total. The zero-order valence-electron chi connectivity index (χ0n) is 8.87. The van der Waals surface area contributed by atoms with Gasteiger partial charge >= 0.3 is 0 Å². The molecule has 13 heavy (non-hydrogen) atoms. The molecule has 0 aliphatic carbocycles. The molecule has 1 fully saturated rings. The molecule has 4 heteroatoms. The lowest BCUT2D eigenvalue weighted by Gasteiger charge is -2.27. The third-order valence-electron chi connectivity index (χ3n) is 2.89. The summed E-state index contributed by atoms with van der Waals surface area (Å²) in [5.41, 5.74) is 0. The van der Waals surface area contributed by atoms with Gasteiger partial charge in [0.1, 0.15) is 0 Å². The average molecular weight is 205 g/mol. The zero-order chi connectivity index (χ0) is 10.3. The van der Waals surface area contributed by atoms with Crippen LogP contribution in [-0.2, 0) is 10.0 Å². The summed E-state index contributed by atoms with van der Waals surface area (Å²) in [4.78, 5) is 0. The first kappa shape index (κ1) is 11.0. The van der Waals surface area contributed by atoms with Gasteiger partial charge in [-0.25, -0.2) is 12.7 Å². The molecule has 1 heterocycles. The highest BCUT2D eigenvalue weighted by atomic mass is 32.2. The van der Waals surface area contributed by atoms with Gasteiger partial charge in [0.25, 0.3) is 0 Å². The smallest absolute Gasteiger partial charge is 0.212 e. The highest BCUT2D eigenvalue weighted by molar-refractivity contribution is 7.90. The zero-order valence-corrected chi connectivity index (χ0v) is 9.69. The van der Waals surface area contributed by atoms with E-state index >= 15 is 0 Å². The molecule has 0 aromatic rings. The average Bonchev–Trinajstić information content (AvgIpc) is 2.02. The van der Waals surface area contributed by atoms with Crippen molar-refractivity contribution in [1.29, 1.82) is 0 Å². The van der Waals surface area contributed by atoms with Crippen molar-refractivity contribution in [3.05, 3.63) is 0 Å².